The van der Waals surface area contributed by atoms with Crippen LogP contribution in [0.15, 0.2) is 64.5 Å². The van der Waals surface area contributed by atoms with Gasteiger partial charge in [0, 0.05) is 44.2 Å². The number of nitrogens with one attached hydrogen (secondary N) is 2. The summed E-state index contributed by atoms with van der Waals surface area (Å²) in [5.74, 6) is 1.93. The highest BCUT2D eigenvalue weighted by Crippen LogP contribution is 2.17. The van der Waals surface area contributed by atoms with Crippen molar-refractivity contribution in [2.75, 3.05) is 39.5 Å². The molecular weight excluding hydrogens is 380 g/mol. The summed E-state index contributed by atoms with van der Waals surface area (Å²) in [5.41, 5.74) is 1.87. The van der Waals surface area contributed by atoms with Crippen molar-refractivity contribution in [3.63, 3.8) is 0 Å². The number of hydrogen-bond donors (Lipinski definition) is 2. The summed E-state index contributed by atoms with van der Waals surface area (Å²) in [6, 6.07) is 18.3. The van der Waals surface area contributed by atoms with E-state index in [1.807, 2.05) is 36.0 Å². The standard InChI is InChI=1S/C23H32N4OS/c1-4-24-23(25-15-9-17-29-21-12-6-5-7-13-21)26-16-14-19-10-8-11-20(18-19)22(28)27(2)3/h5-8,10-13,18H,4,9,14-17H2,1-3H3,(H2,24,25,26). The fraction of sp³-hybridized carbons (Fsp3) is 0.391. The quantitative estimate of drug-likeness (QED) is 0.271. The zero-order valence-corrected chi connectivity index (χ0v) is 18.5. The van der Waals surface area contributed by atoms with E-state index in [9.17, 15) is 4.79 Å². The van der Waals surface area contributed by atoms with Crippen molar-refractivity contribution in [2.45, 2.75) is 24.7 Å². The predicted octanol–water partition coefficient (Wildman–Crippen LogP) is 3.67. The molecule has 156 valence electrons. The molecule has 0 bridgehead atoms. The fourth-order valence-electron chi connectivity index (χ4n) is 2.75. The Kier molecular flexibility index (Phi) is 10.1. The van der Waals surface area contributed by atoms with Gasteiger partial charge in [0.25, 0.3) is 5.91 Å². The summed E-state index contributed by atoms with van der Waals surface area (Å²) < 4.78 is 0. The number of thioether (sulfide) groups is 1. The lowest BCUT2D eigenvalue weighted by Gasteiger charge is -2.13. The maximum atomic E-state index is 12.1. The molecule has 2 N–H and O–H groups in total. The number of hydrogen-bond acceptors (Lipinski definition) is 3. The summed E-state index contributed by atoms with van der Waals surface area (Å²) in [6.45, 7) is 4.46. The first kappa shape index (κ1) is 22.8. The monoisotopic (exact) mass is 412 g/mol. The van der Waals surface area contributed by atoms with Crippen molar-refractivity contribution in [3.05, 3.63) is 65.7 Å². The van der Waals surface area contributed by atoms with Crippen LogP contribution in [0.25, 0.3) is 0 Å². The summed E-state index contributed by atoms with van der Waals surface area (Å²) in [4.78, 5) is 19.7. The zero-order chi connectivity index (χ0) is 20.9. The van der Waals surface area contributed by atoms with Crippen molar-refractivity contribution >= 4 is 23.6 Å². The minimum Gasteiger partial charge on any atom is -0.357 e. The third kappa shape index (κ3) is 8.60. The number of carbonyl (C=O) groups excluding carboxylic acids is 1. The third-order valence-electron chi connectivity index (χ3n) is 4.21. The van der Waals surface area contributed by atoms with E-state index in [1.165, 1.54) is 4.90 Å². The van der Waals surface area contributed by atoms with Gasteiger partial charge in [0.05, 0.1) is 0 Å². The molecule has 1 amide bonds. The van der Waals surface area contributed by atoms with Crippen LogP contribution in [0.5, 0.6) is 0 Å². The van der Waals surface area contributed by atoms with Gasteiger partial charge in [-0.3, -0.25) is 9.79 Å². The second kappa shape index (κ2) is 12.9. The van der Waals surface area contributed by atoms with Crippen molar-refractivity contribution < 1.29 is 4.79 Å². The summed E-state index contributed by atoms with van der Waals surface area (Å²) >= 11 is 1.87. The van der Waals surface area contributed by atoms with Gasteiger partial charge in [-0.25, -0.2) is 0 Å². The second-order valence-electron chi connectivity index (χ2n) is 6.85. The van der Waals surface area contributed by atoms with E-state index < -0.39 is 0 Å². The van der Waals surface area contributed by atoms with Gasteiger partial charge in [0.2, 0.25) is 0 Å². The van der Waals surface area contributed by atoms with Crippen molar-refractivity contribution in [1.29, 1.82) is 0 Å². The molecular formula is C23H32N4OS. The van der Waals surface area contributed by atoms with Crippen molar-refractivity contribution in [3.8, 4) is 0 Å². The molecule has 0 unspecified atom stereocenters. The van der Waals surface area contributed by atoms with E-state index in [-0.39, 0.29) is 5.91 Å². The van der Waals surface area contributed by atoms with Crippen LogP contribution in [0, 0.1) is 0 Å². The van der Waals surface area contributed by atoms with E-state index in [2.05, 4.69) is 52.9 Å². The highest BCUT2D eigenvalue weighted by molar-refractivity contribution is 7.99. The molecule has 0 atom stereocenters. The molecule has 0 radical (unpaired) electrons. The first-order valence-corrected chi connectivity index (χ1v) is 11.1. The van der Waals surface area contributed by atoms with Crippen LogP contribution in [0.3, 0.4) is 0 Å². The molecule has 2 rings (SSSR count). The number of carbonyl (C=O) groups is 1. The Morgan fingerprint density at radius 3 is 2.59 bits per heavy atom. The molecule has 2 aromatic carbocycles. The van der Waals surface area contributed by atoms with Crippen LogP contribution in [0.4, 0.5) is 0 Å². The van der Waals surface area contributed by atoms with Crippen LogP contribution >= 0.6 is 11.8 Å². The van der Waals surface area contributed by atoms with Gasteiger partial charge in [0.1, 0.15) is 0 Å². The van der Waals surface area contributed by atoms with E-state index >= 15 is 0 Å². The molecule has 0 saturated carbocycles. The second-order valence-corrected chi connectivity index (χ2v) is 8.02. The van der Waals surface area contributed by atoms with E-state index in [4.69, 9.17) is 0 Å². The van der Waals surface area contributed by atoms with Crippen LogP contribution < -0.4 is 10.6 Å². The minimum absolute atomic E-state index is 0.0306. The number of amides is 1. The van der Waals surface area contributed by atoms with Gasteiger partial charge in [-0.1, -0.05) is 30.3 Å². The molecule has 5 nitrogen and oxygen atoms in total. The summed E-state index contributed by atoms with van der Waals surface area (Å²) in [5, 5.41) is 6.68. The molecule has 2 aromatic rings. The highest BCUT2D eigenvalue weighted by Gasteiger charge is 2.08. The third-order valence-corrected chi connectivity index (χ3v) is 5.31. The molecule has 0 aromatic heterocycles. The topological polar surface area (TPSA) is 56.7 Å². The van der Waals surface area contributed by atoms with Crippen molar-refractivity contribution in [2.24, 2.45) is 4.99 Å². The number of benzene rings is 2. The molecule has 0 fully saturated rings. The van der Waals surface area contributed by atoms with Crippen LogP contribution in [0.2, 0.25) is 0 Å². The average molecular weight is 413 g/mol. The van der Waals surface area contributed by atoms with Crippen molar-refractivity contribution in [1.82, 2.24) is 15.5 Å². The molecule has 0 saturated heterocycles. The summed E-state index contributed by atoms with van der Waals surface area (Å²) in [7, 11) is 3.54. The number of nitrogens with zero attached hydrogens (tertiary/aromatic N) is 2. The zero-order valence-electron chi connectivity index (χ0n) is 17.6. The lowest BCUT2D eigenvalue weighted by Crippen LogP contribution is -2.38. The SMILES string of the molecule is CCNC(=NCCCSc1ccccc1)NCCc1cccc(C(=O)N(C)C)c1. The molecule has 0 spiro atoms. The lowest BCUT2D eigenvalue weighted by molar-refractivity contribution is 0.0827. The molecule has 0 aliphatic carbocycles. The Bertz CT molecular complexity index is 777. The Morgan fingerprint density at radius 1 is 1.07 bits per heavy atom. The largest absolute Gasteiger partial charge is 0.357 e. The summed E-state index contributed by atoms with van der Waals surface area (Å²) in [6.07, 6.45) is 1.87. The Morgan fingerprint density at radius 2 is 1.86 bits per heavy atom. The fourth-order valence-corrected chi connectivity index (χ4v) is 3.61. The normalized spacial score (nSPS) is 11.2. The van der Waals surface area contributed by atoms with Crippen LogP contribution in [0.1, 0.15) is 29.3 Å². The minimum atomic E-state index is 0.0306. The predicted molar refractivity (Wildman–Crippen MR) is 124 cm³/mol. The molecule has 6 heteroatoms. The first-order chi connectivity index (χ1) is 14.1. The Balaban J connectivity index is 1.76. The van der Waals surface area contributed by atoms with Crippen LogP contribution in [-0.4, -0.2) is 56.2 Å². The highest BCUT2D eigenvalue weighted by atomic mass is 32.2. The van der Waals surface area contributed by atoms with Gasteiger partial charge in [-0.15, -0.1) is 11.8 Å². The van der Waals surface area contributed by atoms with E-state index in [1.54, 1.807) is 19.0 Å². The lowest BCUT2D eigenvalue weighted by atomic mass is 10.1. The number of guanidine groups is 1. The number of rotatable bonds is 10. The average Bonchev–Trinajstić information content (AvgIpc) is 2.73. The first-order valence-electron chi connectivity index (χ1n) is 10.1. The van der Waals surface area contributed by atoms with E-state index in [0.29, 0.717) is 0 Å². The van der Waals surface area contributed by atoms with E-state index in [0.717, 1.165) is 55.3 Å². The number of aliphatic imine (C=N–C) groups is 1. The maximum absolute atomic E-state index is 12.1. The Hall–Kier alpha value is -2.47. The van der Waals surface area contributed by atoms with Gasteiger partial charge >= 0.3 is 0 Å². The van der Waals surface area contributed by atoms with Gasteiger partial charge in [0.15, 0.2) is 5.96 Å². The molecule has 0 heterocycles. The smallest absolute Gasteiger partial charge is 0.253 e. The molecule has 0 aliphatic rings. The maximum Gasteiger partial charge on any atom is 0.253 e. The van der Waals surface area contributed by atoms with Gasteiger partial charge in [-0.2, -0.15) is 0 Å². The van der Waals surface area contributed by atoms with Gasteiger partial charge in [-0.05, 0) is 55.3 Å². The Labute approximate surface area is 179 Å². The molecule has 0 aliphatic heterocycles. The van der Waals surface area contributed by atoms with Crippen LogP contribution in [-0.2, 0) is 6.42 Å². The van der Waals surface area contributed by atoms with Gasteiger partial charge < -0.3 is 15.5 Å². The molecule has 29 heavy (non-hydrogen) atoms.